The van der Waals surface area contributed by atoms with E-state index in [2.05, 4.69) is 4.72 Å². The summed E-state index contributed by atoms with van der Waals surface area (Å²) in [6, 6.07) is 4.71. The Labute approximate surface area is 137 Å². The summed E-state index contributed by atoms with van der Waals surface area (Å²) in [6.45, 7) is -0.497. The summed E-state index contributed by atoms with van der Waals surface area (Å²) in [6.07, 6.45) is -3.78. The molecule has 0 spiro atoms. The molecule has 1 aromatic carbocycles. The highest BCUT2D eigenvalue weighted by molar-refractivity contribution is 7.89. The zero-order valence-corrected chi connectivity index (χ0v) is 13.4. The molecule has 0 aromatic heterocycles. The van der Waals surface area contributed by atoms with Crippen LogP contribution in [-0.4, -0.2) is 56.7 Å². The van der Waals surface area contributed by atoms with Crippen LogP contribution in [0, 0.1) is 5.92 Å². The van der Waals surface area contributed by atoms with Crippen molar-refractivity contribution >= 4 is 16.0 Å². The smallest absolute Gasteiger partial charge is 0.401 e. The number of hydrogen-bond acceptors (Lipinski definition) is 4. The number of carboxylic acids is 1. The lowest BCUT2D eigenvalue weighted by Crippen LogP contribution is -2.34. The molecule has 6 nitrogen and oxygen atoms in total. The van der Waals surface area contributed by atoms with Gasteiger partial charge in [0.05, 0.1) is 17.0 Å². The number of likely N-dealkylation sites (tertiary alicyclic amines) is 1. The fraction of sp³-hybridized carbons (Fsp3) is 0.500. The Hall–Kier alpha value is -1.65. The molecule has 1 unspecified atom stereocenters. The van der Waals surface area contributed by atoms with Gasteiger partial charge in [-0.05, 0) is 43.1 Å². The second-order valence-electron chi connectivity index (χ2n) is 5.69. The predicted molar refractivity (Wildman–Crippen MR) is 79.2 cm³/mol. The number of sulfonamides is 1. The van der Waals surface area contributed by atoms with Crippen molar-refractivity contribution in [1.82, 2.24) is 9.62 Å². The van der Waals surface area contributed by atoms with Crippen LogP contribution in [0.15, 0.2) is 29.2 Å². The van der Waals surface area contributed by atoms with Crippen LogP contribution < -0.4 is 4.72 Å². The number of carboxylic acid groups (broad SMARTS) is 1. The van der Waals surface area contributed by atoms with Gasteiger partial charge in [0.2, 0.25) is 10.0 Å². The summed E-state index contributed by atoms with van der Waals surface area (Å²) in [7, 11) is -3.83. The fourth-order valence-corrected chi connectivity index (χ4v) is 3.68. The number of alkyl halides is 3. The van der Waals surface area contributed by atoms with Gasteiger partial charge in [-0.25, -0.2) is 17.9 Å². The van der Waals surface area contributed by atoms with Gasteiger partial charge < -0.3 is 5.11 Å². The van der Waals surface area contributed by atoms with Crippen molar-refractivity contribution < 1.29 is 31.5 Å². The number of aromatic carboxylic acids is 1. The molecule has 134 valence electrons. The molecule has 0 radical (unpaired) electrons. The maximum absolute atomic E-state index is 12.3. The van der Waals surface area contributed by atoms with Crippen molar-refractivity contribution in [2.24, 2.45) is 5.92 Å². The molecule has 0 amide bonds. The van der Waals surface area contributed by atoms with Crippen LogP contribution in [0.5, 0.6) is 0 Å². The molecular weight excluding hydrogens is 349 g/mol. The number of nitrogens with zero attached hydrogens (tertiary/aromatic N) is 1. The van der Waals surface area contributed by atoms with Crippen LogP contribution in [0.3, 0.4) is 0 Å². The summed E-state index contributed by atoms with van der Waals surface area (Å²) in [5, 5.41) is 8.78. The predicted octanol–water partition coefficient (Wildman–Crippen LogP) is 1.55. The van der Waals surface area contributed by atoms with Gasteiger partial charge in [-0.1, -0.05) is 0 Å². The Morgan fingerprint density at radius 1 is 1.29 bits per heavy atom. The van der Waals surface area contributed by atoms with Crippen molar-refractivity contribution in [1.29, 1.82) is 0 Å². The maximum atomic E-state index is 12.3. The van der Waals surface area contributed by atoms with Gasteiger partial charge in [0.15, 0.2) is 0 Å². The van der Waals surface area contributed by atoms with Crippen LogP contribution in [-0.2, 0) is 10.0 Å². The molecule has 1 heterocycles. The van der Waals surface area contributed by atoms with Crippen LogP contribution in [0.4, 0.5) is 13.2 Å². The third kappa shape index (κ3) is 5.18. The largest absolute Gasteiger partial charge is 0.478 e. The molecule has 1 atom stereocenters. The van der Waals surface area contributed by atoms with E-state index in [1.54, 1.807) is 0 Å². The summed E-state index contributed by atoms with van der Waals surface area (Å²) >= 11 is 0. The van der Waals surface area contributed by atoms with E-state index in [4.69, 9.17) is 5.11 Å². The summed E-state index contributed by atoms with van der Waals surface area (Å²) in [5.74, 6) is -1.36. The zero-order chi connectivity index (χ0) is 18.0. The minimum atomic E-state index is -4.26. The molecule has 0 aliphatic carbocycles. The van der Waals surface area contributed by atoms with E-state index in [9.17, 15) is 26.4 Å². The average molecular weight is 366 g/mol. The number of rotatable bonds is 6. The van der Waals surface area contributed by atoms with Gasteiger partial charge >= 0.3 is 12.1 Å². The molecule has 0 bridgehead atoms. The van der Waals surface area contributed by atoms with E-state index in [0.717, 1.165) is 0 Å². The van der Waals surface area contributed by atoms with E-state index in [1.807, 2.05) is 0 Å². The molecule has 0 saturated carbocycles. The monoisotopic (exact) mass is 366 g/mol. The van der Waals surface area contributed by atoms with Gasteiger partial charge in [-0.15, -0.1) is 0 Å². The molecular formula is C14H17F3N2O4S. The minimum Gasteiger partial charge on any atom is -0.478 e. The van der Waals surface area contributed by atoms with Gasteiger partial charge in [0.1, 0.15) is 0 Å². The third-order valence-corrected chi connectivity index (χ3v) is 5.19. The van der Waals surface area contributed by atoms with Crippen LogP contribution in [0.1, 0.15) is 16.8 Å². The number of benzene rings is 1. The first-order chi connectivity index (χ1) is 11.1. The highest BCUT2D eigenvalue weighted by Crippen LogP contribution is 2.22. The highest BCUT2D eigenvalue weighted by atomic mass is 32.2. The second kappa shape index (κ2) is 7.08. The number of carbonyl (C=O) groups is 1. The molecule has 24 heavy (non-hydrogen) atoms. The molecule has 2 N–H and O–H groups in total. The topological polar surface area (TPSA) is 86.7 Å². The normalized spacial score (nSPS) is 19.5. The fourth-order valence-electron chi connectivity index (χ4n) is 2.56. The zero-order valence-electron chi connectivity index (χ0n) is 12.6. The van der Waals surface area contributed by atoms with Crippen LogP contribution >= 0.6 is 0 Å². The quantitative estimate of drug-likeness (QED) is 0.798. The van der Waals surface area contributed by atoms with Crippen molar-refractivity contribution in [2.45, 2.75) is 17.5 Å². The van der Waals surface area contributed by atoms with Crippen molar-refractivity contribution in [3.8, 4) is 0 Å². The minimum absolute atomic E-state index is 0.0347. The van der Waals surface area contributed by atoms with E-state index < -0.39 is 28.7 Å². The molecule has 10 heteroatoms. The van der Waals surface area contributed by atoms with Crippen LogP contribution in [0.25, 0.3) is 0 Å². The summed E-state index contributed by atoms with van der Waals surface area (Å²) in [4.78, 5) is 11.9. The first-order valence-corrected chi connectivity index (χ1v) is 8.67. The Morgan fingerprint density at radius 2 is 1.92 bits per heavy atom. The summed E-state index contributed by atoms with van der Waals surface area (Å²) in [5.41, 5.74) is -0.0347. The van der Waals surface area contributed by atoms with Gasteiger partial charge in [-0.2, -0.15) is 13.2 Å². The summed E-state index contributed by atoms with van der Waals surface area (Å²) < 4.78 is 63.6. The first kappa shape index (κ1) is 18.7. The molecule has 1 fully saturated rings. The highest BCUT2D eigenvalue weighted by Gasteiger charge is 2.34. The maximum Gasteiger partial charge on any atom is 0.401 e. The Balaban J connectivity index is 1.90. The van der Waals surface area contributed by atoms with E-state index in [1.165, 1.54) is 29.2 Å². The lowest BCUT2D eigenvalue weighted by molar-refractivity contribution is -0.143. The van der Waals surface area contributed by atoms with E-state index in [-0.39, 0.29) is 36.0 Å². The van der Waals surface area contributed by atoms with Gasteiger partial charge in [0, 0.05) is 13.1 Å². The van der Waals surface area contributed by atoms with Gasteiger partial charge in [0.25, 0.3) is 0 Å². The third-order valence-electron chi connectivity index (χ3n) is 3.75. The molecule has 1 aliphatic heterocycles. The standard InChI is InChI=1S/C14H17F3N2O4S/c15-14(16,17)9-19-6-5-10(8-19)7-18-24(22,23)12-3-1-11(2-4-12)13(20)21/h1-4,10,18H,5-9H2,(H,20,21). The second-order valence-corrected chi connectivity index (χ2v) is 7.45. The van der Waals surface area contributed by atoms with Crippen molar-refractivity contribution in [2.75, 3.05) is 26.2 Å². The molecule has 1 aliphatic rings. The Kier molecular flexibility index (Phi) is 5.51. The van der Waals surface area contributed by atoms with E-state index in [0.29, 0.717) is 6.42 Å². The Bertz CT molecular complexity index is 689. The van der Waals surface area contributed by atoms with Gasteiger partial charge in [-0.3, -0.25) is 4.90 Å². The number of nitrogens with one attached hydrogen (secondary N) is 1. The molecule has 1 aromatic rings. The van der Waals surface area contributed by atoms with Crippen molar-refractivity contribution in [3.63, 3.8) is 0 Å². The number of hydrogen-bond donors (Lipinski definition) is 2. The van der Waals surface area contributed by atoms with Crippen LogP contribution in [0.2, 0.25) is 0 Å². The Morgan fingerprint density at radius 3 is 2.46 bits per heavy atom. The van der Waals surface area contributed by atoms with Crippen molar-refractivity contribution in [3.05, 3.63) is 29.8 Å². The number of halogens is 3. The molecule has 2 rings (SSSR count). The first-order valence-electron chi connectivity index (χ1n) is 7.19. The lowest BCUT2D eigenvalue weighted by atomic mass is 10.1. The molecule has 1 saturated heterocycles. The average Bonchev–Trinajstić information content (AvgIpc) is 2.91. The SMILES string of the molecule is O=C(O)c1ccc(S(=O)(=O)NCC2CCN(CC(F)(F)F)C2)cc1. The lowest BCUT2D eigenvalue weighted by Gasteiger charge is -2.18. The van der Waals surface area contributed by atoms with E-state index >= 15 is 0 Å².